The van der Waals surface area contributed by atoms with Crippen LogP contribution in [0.3, 0.4) is 0 Å². The second-order valence-corrected chi connectivity index (χ2v) is 7.31. The van der Waals surface area contributed by atoms with Gasteiger partial charge in [-0.05, 0) is 44.0 Å². The lowest BCUT2D eigenvalue weighted by atomic mass is 9.96. The molecular weight excluding hydrogens is 413 g/mol. The fourth-order valence-corrected chi connectivity index (χ4v) is 3.38. The van der Waals surface area contributed by atoms with Crippen molar-refractivity contribution >= 4 is 5.96 Å². The molecule has 2 heterocycles. The number of aliphatic imine (C=N–C) groups is 1. The average Bonchev–Trinajstić information content (AvgIpc) is 3.30. The molecule has 1 fully saturated rings. The number of nitrogens with one attached hydrogen (secondary N) is 2. The van der Waals surface area contributed by atoms with Gasteiger partial charge in [-0.2, -0.15) is 18.3 Å². The SMILES string of the molecule is CCNC(=NCC(O)COc1ccc(C(F)(F)F)cc1)N1CCC(c2ncn[nH]2)CC1. The molecule has 11 heteroatoms. The highest BCUT2D eigenvalue weighted by atomic mass is 19.4. The maximum absolute atomic E-state index is 12.6. The van der Waals surface area contributed by atoms with Gasteiger partial charge in [0.25, 0.3) is 0 Å². The number of aromatic nitrogens is 3. The molecule has 0 spiro atoms. The maximum atomic E-state index is 12.6. The molecule has 1 aliphatic rings. The number of hydrogen-bond donors (Lipinski definition) is 3. The largest absolute Gasteiger partial charge is 0.491 e. The number of ether oxygens (including phenoxy) is 1. The molecule has 0 bridgehead atoms. The van der Waals surface area contributed by atoms with Crippen LogP contribution in [0, 0.1) is 0 Å². The summed E-state index contributed by atoms with van der Waals surface area (Å²) < 4.78 is 43.2. The van der Waals surface area contributed by atoms with Gasteiger partial charge in [0, 0.05) is 25.6 Å². The monoisotopic (exact) mass is 440 g/mol. The quantitative estimate of drug-likeness (QED) is 0.452. The van der Waals surface area contributed by atoms with Crippen LogP contribution in [0.4, 0.5) is 13.2 Å². The molecule has 0 amide bonds. The molecule has 0 aliphatic carbocycles. The highest BCUT2D eigenvalue weighted by molar-refractivity contribution is 5.80. The summed E-state index contributed by atoms with van der Waals surface area (Å²) in [6, 6.07) is 4.38. The Bertz CT molecular complexity index is 818. The van der Waals surface area contributed by atoms with Crippen LogP contribution in [-0.4, -0.2) is 70.0 Å². The van der Waals surface area contributed by atoms with Gasteiger partial charge in [-0.3, -0.25) is 10.1 Å². The van der Waals surface area contributed by atoms with Crippen LogP contribution in [0.25, 0.3) is 0 Å². The first-order valence-corrected chi connectivity index (χ1v) is 10.2. The van der Waals surface area contributed by atoms with Crippen molar-refractivity contribution < 1.29 is 23.0 Å². The zero-order valence-corrected chi connectivity index (χ0v) is 17.3. The number of likely N-dealkylation sites (tertiary alicyclic amines) is 1. The first-order chi connectivity index (χ1) is 14.9. The molecular formula is C20H27F3N6O2. The Kier molecular flexibility index (Phi) is 7.72. The van der Waals surface area contributed by atoms with Crippen molar-refractivity contribution in [3.05, 3.63) is 42.0 Å². The van der Waals surface area contributed by atoms with Gasteiger partial charge in [0.1, 0.15) is 30.6 Å². The third-order valence-corrected chi connectivity index (χ3v) is 5.03. The predicted octanol–water partition coefficient (Wildman–Crippen LogP) is 2.41. The number of guanidine groups is 1. The molecule has 1 unspecified atom stereocenters. The number of rotatable bonds is 7. The fourth-order valence-electron chi connectivity index (χ4n) is 3.38. The molecule has 1 aliphatic heterocycles. The Balaban J connectivity index is 1.48. The Morgan fingerprint density at radius 1 is 1.32 bits per heavy atom. The molecule has 8 nitrogen and oxygen atoms in total. The van der Waals surface area contributed by atoms with Crippen molar-refractivity contribution in [2.75, 3.05) is 32.8 Å². The number of aliphatic hydroxyl groups excluding tert-OH is 1. The van der Waals surface area contributed by atoms with E-state index < -0.39 is 17.8 Å². The third-order valence-electron chi connectivity index (χ3n) is 5.03. The van der Waals surface area contributed by atoms with E-state index in [0.29, 0.717) is 18.4 Å². The lowest BCUT2D eigenvalue weighted by molar-refractivity contribution is -0.137. The van der Waals surface area contributed by atoms with Crippen LogP contribution in [-0.2, 0) is 6.18 Å². The summed E-state index contributed by atoms with van der Waals surface area (Å²) in [5.74, 6) is 2.21. The molecule has 1 aromatic carbocycles. The van der Waals surface area contributed by atoms with Crippen molar-refractivity contribution in [1.29, 1.82) is 0 Å². The Morgan fingerprint density at radius 2 is 2.03 bits per heavy atom. The number of nitrogens with zero attached hydrogens (tertiary/aromatic N) is 4. The third kappa shape index (κ3) is 6.58. The second-order valence-electron chi connectivity index (χ2n) is 7.31. The summed E-state index contributed by atoms with van der Waals surface area (Å²) in [5.41, 5.74) is -0.743. The van der Waals surface area contributed by atoms with Gasteiger partial charge in [-0.25, -0.2) is 4.98 Å². The van der Waals surface area contributed by atoms with Crippen molar-refractivity contribution in [3.8, 4) is 5.75 Å². The predicted molar refractivity (Wildman–Crippen MR) is 109 cm³/mol. The Hall–Kier alpha value is -2.82. The van der Waals surface area contributed by atoms with Crippen LogP contribution >= 0.6 is 0 Å². The molecule has 3 N–H and O–H groups in total. The number of H-pyrrole nitrogens is 1. The number of alkyl halides is 3. The zero-order valence-electron chi connectivity index (χ0n) is 17.3. The van der Waals surface area contributed by atoms with Crippen LogP contribution in [0.2, 0.25) is 0 Å². The van der Waals surface area contributed by atoms with E-state index in [1.807, 2.05) is 6.92 Å². The smallest absolute Gasteiger partial charge is 0.416 e. The molecule has 3 rings (SSSR count). The minimum Gasteiger partial charge on any atom is -0.491 e. The first-order valence-electron chi connectivity index (χ1n) is 10.2. The lowest BCUT2D eigenvalue weighted by Gasteiger charge is -2.33. The minimum atomic E-state index is -4.39. The fraction of sp³-hybridized carbons (Fsp3) is 0.550. The van der Waals surface area contributed by atoms with Crippen molar-refractivity contribution in [2.24, 2.45) is 4.99 Å². The van der Waals surface area contributed by atoms with E-state index >= 15 is 0 Å². The van der Waals surface area contributed by atoms with E-state index in [4.69, 9.17) is 4.74 Å². The molecule has 1 saturated heterocycles. The lowest BCUT2D eigenvalue weighted by Crippen LogP contribution is -2.45. The summed E-state index contributed by atoms with van der Waals surface area (Å²) in [6.07, 6.45) is -1.93. The van der Waals surface area contributed by atoms with Gasteiger partial charge in [0.05, 0.1) is 12.1 Å². The van der Waals surface area contributed by atoms with Gasteiger partial charge >= 0.3 is 6.18 Å². The van der Waals surface area contributed by atoms with E-state index in [-0.39, 0.29) is 18.9 Å². The zero-order chi connectivity index (χ0) is 22.3. The number of aromatic amines is 1. The van der Waals surface area contributed by atoms with E-state index in [9.17, 15) is 18.3 Å². The normalized spacial score (nSPS) is 16.9. The second kappa shape index (κ2) is 10.5. The highest BCUT2D eigenvalue weighted by Crippen LogP contribution is 2.30. The summed E-state index contributed by atoms with van der Waals surface area (Å²) in [6.45, 7) is 4.32. The summed E-state index contributed by atoms with van der Waals surface area (Å²) in [5, 5.41) is 20.3. The first kappa shape index (κ1) is 22.9. The molecule has 170 valence electrons. The van der Waals surface area contributed by atoms with Gasteiger partial charge in [0.2, 0.25) is 0 Å². The Labute approximate surface area is 178 Å². The number of piperidine rings is 1. The Morgan fingerprint density at radius 3 is 2.61 bits per heavy atom. The average molecular weight is 440 g/mol. The summed E-state index contributed by atoms with van der Waals surface area (Å²) in [7, 11) is 0. The molecule has 0 radical (unpaired) electrons. The van der Waals surface area contributed by atoms with E-state index in [1.165, 1.54) is 18.5 Å². The van der Waals surface area contributed by atoms with E-state index in [1.54, 1.807) is 0 Å². The van der Waals surface area contributed by atoms with Crippen molar-refractivity contribution in [1.82, 2.24) is 25.4 Å². The van der Waals surface area contributed by atoms with E-state index in [2.05, 4.69) is 30.4 Å². The van der Waals surface area contributed by atoms with Crippen molar-refractivity contribution in [2.45, 2.75) is 38.0 Å². The minimum absolute atomic E-state index is 0.0676. The standard InChI is InChI=1S/C20H27F3N6O2/c1-2-24-19(29-9-7-14(8-10-29)18-26-13-27-28-18)25-11-16(30)12-31-17-5-3-15(4-6-17)20(21,22)23/h3-6,13-14,16,30H,2,7-12H2,1H3,(H,24,25)(H,26,27,28). The van der Waals surface area contributed by atoms with Crippen LogP contribution in [0.15, 0.2) is 35.6 Å². The topological polar surface area (TPSA) is 98.7 Å². The number of benzene rings is 1. The van der Waals surface area contributed by atoms with E-state index in [0.717, 1.165) is 43.9 Å². The van der Waals surface area contributed by atoms with Gasteiger partial charge in [-0.15, -0.1) is 0 Å². The molecule has 1 aromatic heterocycles. The molecule has 1 atom stereocenters. The van der Waals surface area contributed by atoms with Crippen LogP contribution in [0.1, 0.15) is 37.1 Å². The molecule has 31 heavy (non-hydrogen) atoms. The summed E-state index contributed by atoms with van der Waals surface area (Å²) in [4.78, 5) is 10.9. The van der Waals surface area contributed by atoms with Crippen LogP contribution < -0.4 is 10.1 Å². The number of aliphatic hydroxyl groups is 1. The van der Waals surface area contributed by atoms with Gasteiger partial charge < -0.3 is 20.1 Å². The molecule has 2 aromatic rings. The molecule has 0 saturated carbocycles. The van der Waals surface area contributed by atoms with Crippen LogP contribution in [0.5, 0.6) is 5.75 Å². The maximum Gasteiger partial charge on any atom is 0.416 e. The number of halogens is 3. The van der Waals surface area contributed by atoms with Crippen molar-refractivity contribution in [3.63, 3.8) is 0 Å². The van der Waals surface area contributed by atoms with Gasteiger partial charge in [-0.1, -0.05) is 0 Å². The summed E-state index contributed by atoms with van der Waals surface area (Å²) >= 11 is 0. The number of hydrogen-bond acceptors (Lipinski definition) is 5. The highest BCUT2D eigenvalue weighted by Gasteiger charge is 2.30. The van der Waals surface area contributed by atoms with Gasteiger partial charge in [0.15, 0.2) is 5.96 Å².